The number of rotatable bonds is 5. The van der Waals surface area contributed by atoms with Crippen LogP contribution >= 0.6 is 23.4 Å². The number of hydrogen-bond donors (Lipinski definition) is 1. The lowest BCUT2D eigenvalue weighted by Gasteiger charge is -2.29. The molecule has 0 aliphatic carbocycles. The Morgan fingerprint density at radius 2 is 1.94 bits per heavy atom. The molecule has 0 radical (unpaired) electrons. The fourth-order valence-corrected chi connectivity index (χ4v) is 4.16. The zero-order valence-electron chi connectivity index (χ0n) is 17.2. The average molecular weight is 475 g/mol. The van der Waals surface area contributed by atoms with Crippen molar-refractivity contribution >= 4 is 41.0 Å². The van der Waals surface area contributed by atoms with Gasteiger partial charge in [0.05, 0.1) is 23.8 Å². The summed E-state index contributed by atoms with van der Waals surface area (Å²) in [6, 6.07) is 12.8. The molecule has 7 nitrogen and oxygen atoms in total. The molecule has 0 saturated carbocycles. The highest BCUT2D eigenvalue weighted by atomic mass is 35.5. The number of carbonyl (C=O) groups is 1. The van der Waals surface area contributed by atoms with E-state index in [2.05, 4.69) is 20.2 Å². The number of aromatic nitrogens is 2. The average Bonchev–Trinajstić information content (AvgIpc) is 2.81. The third-order valence-corrected chi connectivity index (χ3v) is 5.91. The van der Waals surface area contributed by atoms with Crippen LogP contribution in [0.5, 0.6) is 5.75 Å². The van der Waals surface area contributed by atoms with Crippen LogP contribution in [-0.2, 0) is 4.74 Å². The summed E-state index contributed by atoms with van der Waals surface area (Å²) in [4.78, 5) is 23.9. The van der Waals surface area contributed by atoms with Crippen LogP contribution < -0.4 is 15.0 Å². The molecule has 0 spiro atoms. The van der Waals surface area contributed by atoms with Crippen molar-refractivity contribution in [3.8, 4) is 17.1 Å². The van der Waals surface area contributed by atoms with E-state index in [1.165, 1.54) is 23.9 Å². The maximum Gasteiger partial charge on any atom is 0.417 e. The number of thioether (sulfide) groups is 1. The standard InChI is InChI=1S/C22H20ClFN4O3S/c1-32-18-19(23)26-20(27-21(18)28-9-11-30-12-10-28)14-7-8-17(16(24)13-14)25-22(29)31-15-5-3-2-4-6-15/h2-8,13H,9-12H2,1H3,(H,25,29). The third-order valence-electron chi connectivity index (χ3n) is 4.74. The molecule has 0 bridgehead atoms. The fraction of sp³-hybridized carbons (Fsp3) is 0.227. The number of benzene rings is 2. The summed E-state index contributed by atoms with van der Waals surface area (Å²) in [5.41, 5.74) is 0.420. The molecule has 1 N–H and O–H groups in total. The Bertz CT molecular complexity index is 1110. The minimum Gasteiger partial charge on any atom is -0.410 e. The van der Waals surface area contributed by atoms with Gasteiger partial charge in [0.25, 0.3) is 0 Å². The van der Waals surface area contributed by atoms with Crippen molar-refractivity contribution in [2.45, 2.75) is 4.90 Å². The Kier molecular flexibility index (Phi) is 7.09. The zero-order chi connectivity index (χ0) is 22.5. The van der Waals surface area contributed by atoms with Crippen LogP contribution in [0.25, 0.3) is 11.4 Å². The Morgan fingerprint density at radius 1 is 1.19 bits per heavy atom. The van der Waals surface area contributed by atoms with Crippen LogP contribution in [-0.4, -0.2) is 48.6 Å². The van der Waals surface area contributed by atoms with E-state index < -0.39 is 11.9 Å². The number of anilines is 2. The molecule has 0 atom stereocenters. The molecule has 4 rings (SSSR count). The predicted octanol–water partition coefficient (Wildman–Crippen LogP) is 5.11. The third kappa shape index (κ3) is 5.12. The summed E-state index contributed by atoms with van der Waals surface area (Å²) in [5, 5.41) is 2.71. The molecule has 166 valence electrons. The number of hydrogen-bond acceptors (Lipinski definition) is 7. The van der Waals surface area contributed by atoms with Gasteiger partial charge < -0.3 is 14.4 Å². The number of halogens is 2. The lowest BCUT2D eigenvalue weighted by molar-refractivity contribution is 0.122. The topological polar surface area (TPSA) is 76.6 Å². The minimum absolute atomic E-state index is 0.0186. The number of nitrogens with one attached hydrogen (secondary N) is 1. The Morgan fingerprint density at radius 3 is 2.62 bits per heavy atom. The van der Waals surface area contributed by atoms with Gasteiger partial charge in [-0.2, -0.15) is 0 Å². The van der Waals surface area contributed by atoms with Gasteiger partial charge in [0.15, 0.2) is 5.82 Å². The lowest BCUT2D eigenvalue weighted by atomic mass is 10.2. The highest BCUT2D eigenvalue weighted by Crippen LogP contribution is 2.35. The van der Waals surface area contributed by atoms with E-state index >= 15 is 0 Å². The van der Waals surface area contributed by atoms with E-state index in [9.17, 15) is 9.18 Å². The first-order chi connectivity index (χ1) is 15.5. The van der Waals surface area contributed by atoms with Crippen molar-refractivity contribution in [1.82, 2.24) is 9.97 Å². The smallest absolute Gasteiger partial charge is 0.410 e. The van der Waals surface area contributed by atoms with Crippen molar-refractivity contribution in [2.75, 3.05) is 42.8 Å². The van der Waals surface area contributed by atoms with E-state index in [-0.39, 0.29) is 5.69 Å². The molecule has 0 unspecified atom stereocenters. The van der Waals surface area contributed by atoms with E-state index in [4.69, 9.17) is 21.1 Å². The summed E-state index contributed by atoms with van der Waals surface area (Å²) in [6.07, 6.45) is 1.11. The quantitative estimate of drug-likeness (QED) is 0.407. The molecule has 1 saturated heterocycles. The van der Waals surface area contributed by atoms with E-state index in [1.807, 2.05) is 6.26 Å². The molecule has 10 heteroatoms. The molecule has 2 heterocycles. The van der Waals surface area contributed by atoms with Gasteiger partial charge in [-0.1, -0.05) is 29.8 Å². The molecule has 1 aromatic heterocycles. The van der Waals surface area contributed by atoms with Gasteiger partial charge >= 0.3 is 6.09 Å². The molecule has 1 fully saturated rings. The Balaban J connectivity index is 1.57. The van der Waals surface area contributed by atoms with Crippen LogP contribution in [0, 0.1) is 5.82 Å². The lowest BCUT2D eigenvalue weighted by Crippen LogP contribution is -2.37. The van der Waals surface area contributed by atoms with Crippen LogP contribution in [0.4, 0.5) is 20.7 Å². The van der Waals surface area contributed by atoms with Crippen molar-refractivity contribution < 1.29 is 18.7 Å². The first-order valence-electron chi connectivity index (χ1n) is 9.83. The molecule has 2 aromatic carbocycles. The molecule has 1 amide bonds. The molecule has 32 heavy (non-hydrogen) atoms. The molecule has 3 aromatic rings. The second-order valence-corrected chi connectivity index (χ2v) is 7.99. The first kappa shape index (κ1) is 22.3. The fourth-order valence-electron chi connectivity index (χ4n) is 3.19. The van der Waals surface area contributed by atoms with Crippen molar-refractivity contribution in [2.24, 2.45) is 0 Å². The van der Waals surface area contributed by atoms with E-state index in [0.717, 1.165) is 4.90 Å². The maximum absolute atomic E-state index is 14.7. The second kappa shape index (κ2) is 10.2. The summed E-state index contributed by atoms with van der Waals surface area (Å²) in [7, 11) is 0. The van der Waals surface area contributed by atoms with E-state index in [1.54, 1.807) is 36.4 Å². The number of ether oxygens (including phenoxy) is 2. The number of nitrogens with zero attached hydrogens (tertiary/aromatic N) is 3. The molecule has 1 aliphatic heterocycles. The summed E-state index contributed by atoms with van der Waals surface area (Å²) in [6.45, 7) is 2.56. The summed E-state index contributed by atoms with van der Waals surface area (Å²) in [5.74, 6) is 0.708. The van der Waals surface area contributed by atoms with Gasteiger partial charge in [0.2, 0.25) is 0 Å². The highest BCUT2D eigenvalue weighted by Gasteiger charge is 2.21. The van der Waals surface area contributed by atoms with Gasteiger partial charge in [-0.3, -0.25) is 5.32 Å². The van der Waals surface area contributed by atoms with Crippen molar-refractivity contribution in [1.29, 1.82) is 0 Å². The monoisotopic (exact) mass is 474 g/mol. The molecular weight excluding hydrogens is 455 g/mol. The van der Waals surface area contributed by atoms with Crippen molar-refractivity contribution in [3.63, 3.8) is 0 Å². The van der Waals surface area contributed by atoms with Gasteiger partial charge in [-0.25, -0.2) is 19.2 Å². The second-order valence-electron chi connectivity index (χ2n) is 6.82. The normalized spacial score (nSPS) is 13.7. The zero-order valence-corrected chi connectivity index (χ0v) is 18.8. The number of morpholine rings is 1. The number of carbonyl (C=O) groups excluding carboxylic acids is 1. The van der Waals surface area contributed by atoms with Crippen LogP contribution in [0.3, 0.4) is 0 Å². The van der Waals surface area contributed by atoms with Crippen molar-refractivity contribution in [3.05, 3.63) is 59.5 Å². The van der Waals surface area contributed by atoms with Crippen LogP contribution in [0.1, 0.15) is 0 Å². The van der Waals surface area contributed by atoms with Gasteiger partial charge in [-0.15, -0.1) is 11.8 Å². The molecular formula is C22H20ClFN4O3S. The minimum atomic E-state index is -0.791. The van der Waals surface area contributed by atoms with Gasteiger partial charge in [0, 0.05) is 18.7 Å². The highest BCUT2D eigenvalue weighted by molar-refractivity contribution is 7.98. The largest absolute Gasteiger partial charge is 0.417 e. The Labute approximate surface area is 193 Å². The van der Waals surface area contributed by atoms with E-state index in [0.29, 0.717) is 54.4 Å². The predicted molar refractivity (Wildman–Crippen MR) is 123 cm³/mol. The summed E-state index contributed by atoms with van der Waals surface area (Å²) < 4.78 is 25.3. The first-order valence-corrected chi connectivity index (χ1v) is 11.4. The van der Waals surface area contributed by atoms with Crippen LogP contribution in [0.2, 0.25) is 5.15 Å². The van der Waals surface area contributed by atoms with Gasteiger partial charge in [0.1, 0.15) is 22.5 Å². The number of amides is 1. The van der Waals surface area contributed by atoms with Crippen LogP contribution in [0.15, 0.2) is 53.4 Å². The SMILES string of the molecule is CSc1c(Cl)nc(-c2ccc(NC(=O)Oc3ccccc3)c(F)c2)nc1N1CCOCC1. The maximum atomic E-state index is 14.7. The molecule has 1 aliphatic rings. The summed E-state index contributed by atoms with van der Waals surface area (Å²) >= 11 is 7.88. The Hall–Kier alpha value is -2.88. The van der Waals surface area contributed by atoms with Gasteiger partial charge in [-0.05, 0) is 36.6 Å². The number of para-hydroxylation sites is 1.